The van der Waals surface area contributed by atoms with Gasteiger partial charge in [-0.1, -0.05) is 37.3 Å². The summed E-state index contributed by atoms with van der Waals surface area (Å²) >= 11 is 0. The van der Waals surface area contributed by atoms with Crippen LogP contribution < -0.4 is 10.7 Å². The molecule has 1 saturated carbocycles. The molecule has 4 amide bonds. The summed E-state index contributed by atoms with van der Waals surface area (Å²) in [5.41, 5.74) is 2.24. The molecule has 0 radical (unpaired) electrons. The first-order valence-corrected chi connectivity index (χ1v) is 11.1. The van der Waals surface area contributed by atoms with Gasteiger partial charge in [0.2, 0.25) is 0 Å². The highest BCUT2D eigenvalue weighted by atomic mass is 16.5. The topological polar surface area (TPSA) is 118 Å². The van der Waals surface area contributed by atoms with Gasteiger partial charge in [-0.2, -0.15) is 5.01 Å². The third-order valence-electron chi connectivity index (χ3n) is 6.19. The summed E-state index contributed by atoms with van der Waals surface area (Å²) in [5, 5.41) is 3.41. The number of hydrogen-bond donors (Lipinski definition) is 2. The summed E-state index contributed by atoms with van der Waals surface area (Å²) in [6, 6.07) is 12.6. The van der Waals surface area contributed by atoms with Gasteiger partial charge in [0.15, 0.2) is 6.61 Å². The molecule has 2 fully saturated rings. The number of benzene rings is 1. The number of amides is 4. The molecule has 9 heteroatoms. The quantitative estimate of drug-likeness (QED) is 0.492. The van der Waals surface area contributed by atoms with E-state index in [2.05, 4.69) is 17.7 Å². The number of aryl methyl sites for hydroxylation is 1. The number of carbonyl (C=O) groups excluding carboxylic acids is 4. The van der Waals surface area contributed by atoms with Crippen LogP contribution in [0.2, 0.25) is 0 Å². The molecule has 1 aromatic heterocycles. The molecular weight excluding hydrogens is 426 g/mol. The average Bonchev–Trinajstić information content (AvgIpc) is 3.38. The largest absolute Gasteiger partial charge is 0.461 e. The van der Waals surface area contributed by atoms with Crippen molar-refractivity contribution in [2.45, 2.75) is 51.0 Å². The van der Waals surface area contributed by atoms with Gasteiger partial charge in [-0.25, -0.2) is 4.79 Å². The number of nitrogens with zero attached hydrogens (tertiary/aromatic N) is 1. The van der Waals surface area contributed by atoms with E-state index in [0.717, 1.165) is 18.4 Å². The van der Waals surface area contributed by atoms with E-state index in [9.17, 15) is 19.2 Å². The number of hydrogen-bond acceptors (Lipinski definition) is 6. The first-order valence-electron chi connectivity index (χ1n) is 11.1. The minimum atomic E-state index is -0.949. The fraction of sp³-hybridized carbons (Fsp3) is 0.417. The number of urea groups is 1. The number of furan rings is 1. The summed E-state index contributed by atoms with van der Waals surface area (Å²) in [4.78, 5) is 49.2. The van der Waals surface area contributed by atoms with Gasteiger partial charge >= 0.3 is 12.0 Å². The Morgan fingerprint density at radius 2 is 1.88 bits per heavy atom. The third kappa shape index (κ3) is 5.08. The van der Waals surface area contributed by atoms with Gasteiger partial charge in [-0.15, -0.1) is 0 Å². The molecule has 0 bridgehead atoms. The molecule has 2 aromatic rings. The van der Waals surface area contributed by atoms with Gasteiger partial charge in [0, 0.05) is 12.0 Å². The maximum Gasteiger partial charge on any atom is 0.344 e. The van der Waals surface area contributed by atoms with Crippen molar-refractivity contribution < 1.29 is 28.3 Å². The van der Waals surface area contributed by atoms with Crippen molar-refractivity contribution in [1.29, 1.82) is 0 Å². The summed E-state index contributed by atoms with van der Waals surface area (Å²) in [6.07, 6.45) is 3.08. The summed E-state index contributed by atoms with van der Waals surface area (Å²) in [5.74, 6) is 0.0228. The zero-order chi connectivity index (χ0) is 23.4. The molecule has 1 saturated heterocycles. The highest BCUT2D eigenvalue weighted by molar-refractivity contribution is 6.08. The van der Waals surface area contributed by atoms with Gasteiger partial charge in [0.1, 0.15) is 17.1 Å². The molecule has 33 heavy (non-hydrogen) atoms. The van der Waals surface area contributed by atoms with Gasteiger partial charge in [-0.3, -0.25) is 19.8 Å². The maximum atomic E-state index is 12.7. The molecule has 1 spiro atoms. The lowest BCUT2D eigenvalue weighted by Crippen LogP contribution is -2.52. The Bertz CT molecular complexity index is 1040. The zero-order valence-electron chi connectivity index (χ0n) is 18.5. The van der Waals surface area contributed by atoms with Crippen LogP contribution in [0.15, 0.2) is 46.9 Å². The van der Waals surface area contributed by atoms with Crippen LogP contribution in [0.4, 0.5) is 4.79 Å². The van der Waals surface area contributed by atoms with Crippen LogP contribution in [-0.4, -0.2) is 41.0 Å². The van der Waals surface area contributed by atoms with E-state index >= 15 is 0 Å². The number of hydrazine groups is 1. The number of ether oxygens (including phenoxy) is 1. The van der Waals surface area contributed by atoms with E-state index in [0.29, 0.717) is 41.7 Å². The Morgan fingerprint density at radius 1 is 1.15 bits per heavy atom. The van der Waals surface area contributed by atoms with Crippen LogP contribution in [0, 0.1) is 5.92 Å². The lowest BCUT2D eigenvalue weighted by atomic mass is 9.77. The molecule has 1 aliphatic carbocycles. The number of carbonyl (C=O) groups is 4. The Morgan fingerprint density at radius 3 is 2.61 bits per heavy atom. The van der Waals surface area contributed by atoms with Crippen LogP contribution in [0.1, 0.15) is 44.8 Å². The minimum Gasteiger partial charge on any atom is -0.461 e. The highest BCUT2D eigenvalue weighted by Crippen LogP contribution is 2.35. The molecule has 1 aromatic carbocycles. The molecule has 4 rings (SSSR count). The second-order valence-electron chi connectivity index (χ2n) is 8.66. The van der Waals surface area contributed by atoms with Crippen molar-refractivity contribution in [2.75, 3.05) is 6.61 Å². The van der Waals surface area contributed by atoms with Crippen molar-refractivity contribution in [3.8, 4) is 11.3 Å². The molecule has 1 aliphatic heterocycles. The average molecular weight is 453 g/mol. The fourth-order valence-corrected chi connectivity index (χ4v) is 4.19. The predicted molar refractivity (Wildman–Crippen MR) is 117 cm³/mol. The first kappa shape index (κ1) is 22.6. The minimum absolute atomic E-state index is 0.0272. The van der Waals surface area contributed by atoms with Crippen molar-refractivity contribution in [2.24, 2.45) is 5.92 Å². The lowest BCUT2D eigenvalue weighted by molar-refractivity contribution is -0.150. The smallest absolute Gasteiger partial charge is 0.344 e. The van der Waals surface area contributed by atoms with E-state index in [1.165, 1.54) is 0 Å². The number of nitrogens with one attached hydrogen (secondary N) is 2. The second-order valence-corrected chi connectivity index (χ2v) is 8.66. The maximum absolute atomic E-state index is 12.7. The van der Waals surface area contributed by atoms with Crippen LogP contribution >= 0.6 is 0 Å². The van der Waals surface area contributed by atoms with E-state index in [1.807, 2.05) is 36.4 Å². The van der Waals surface area contributed by atoms with E-state index in [-0.39, 0.29) is 6.42 Å². The summed E-state index contributed by atoms with van der Waals surface area (Å²) in [6.45, 7) is 1.52. The standard InChI is InChI=1S/C24H27N3O6/c1-16-11-13-24(14-12-16)22(30)27(23(31)25-24)26-20(28)15-32-21(29)10-8-18-7-9-19(33-18)17-5-3-2-4-6-17/h2-7,9,16H,8,10-15H2,1H3,(H,25,31)(H,26,28). The van der Waals surface area contributed by atoms with Gasteiger partial charge in [0.05, 0.1) is 6.42 Å². The Kier molecular flexibility index (Phi) is 6.48. The first-order chi connectivity index (χ1) is 15.9. The van der Waals surface area contributed by atoms with E-state index in [1.54, 1.807) is 6.07 Å². The molecule has 0 unspecified atom stereocenters. The van der Waals surface area contributed by atoms with Gasteiger partial charge < -0.3 is 14.5 Å². The Balaban J connectivity index is 1.21. The third-order valence-corrected chi connectivity index (χ3v) is 6.19. The molecule has 2 aliphatic rings. The van der Waals surface area contributed by atoms with Gasteiger partial charge in [0.25, 0.3) is 11.8 Å². The van der Waals surface area contributed by atoms with Crippen molar-refractivity contribution in [3.63, 3.8) is 0 Å². The molecule has 174 valence electrons. The summed E-state index contributed by atoms with van der Waals surface area (Å²) < 4.78 is 10.7. The molecule has 2 heterocycles. The number of imide groups is 1. The van der Waals surface area contributed by atoms with Crippen LogP contribution in [0.25, 0.3) is 11.3 Å². The molecule has 9 nitrogen and oxygen atoms in total. The Labute approximate surface area is 191 Å². The monoisotopic (exact) mass is 453 g/mol. The zero-order valence-corrected chi connectivity index (χ0v) is 18.5. The normalized spacial score (nSPS) is 22.3. The van der Waals surface area contributed by atoms with Crippen molar-refractivity contribution in [1.82, 2.24) is 15.8 Å². The number of esters is 1. The fourth-order valence-electron chi connectivity index (χ4n) is 4.19. The van der Waals surface area contributed by atoms with Crippen LogP contribution in [0.3, 0.4) is 0 Å². The predicted octanol–water partition coefficient (Wildman–Crippen LogP) is 2.95. The van der Waals surface area contributed by atoms with Crippen molar-refractivity contribution >= 4 is 23.8 Å². The second kappa shape index (κ2) is 9.48. The molecule has 2 N–H and O–H groups in total. The molecule has 0 atom stereocenters. The number of rotatable bonds is 7. The van der Waals surface area contributed by atoms with Crippen LogP contribution in [0.5, 0.6) is 0 Å². The van der Waals surface area contributed by atoms with Crippen molar-refractivity contribution in [3.05, 3.63) is 48.2 Å². The molecular formula is C24H27N3O6. The Hall–Kier alpha value is -3.62. The van der Waals surface area contributed by atoms with Gasteiger partial charge in [-0.05, 0) is 43.7 Å². The van der Waals surface area contributed by atoms with E-state index < -0.39 is 36.0 Å². The summed E-state index contributed by atoms with van der Waals surface area (Å²) in [7, 11) is 0. The van der Waals surface area contributed by atoms with E-state index in [4.69, 9.17) is 9.15 Å². The highest BCUT2D eigenvalue weighted by Gasteiger charge is 2.52. The van der Waals surface area contributed by atoms with Crippen LogP contribution in [-0.2, 0) is 25.5 Å². The SMILES string of the molecule is CC1CCC2(CC1)NC(=O)N(NC(=O)COC(=O)CCc1ccc(-c3ccccc3)o1)C2=O. The lowest BCUT2D eigenvalue weighted by Gasteiger charge is -2.33.